The predicted octanol–water partition coefficient (Wildman–Crippen LogP) is 2.26. The Labute approximate surface area is 180 Å². The van der Waals surface area contributed by atoms with Crippen molar-refractivity contribution >= 4 is 18.0 Å². The second-order valence-electron chi connectivity index (χ2n) is 7.37. The van der Waals surface area contributed by atoms with Crippen molar-refractivity contribution in [1.82, 2.24) is 10.6 Å². The molecule has 0 radical (unpaired) electrons. The van der Waals surface area contributed by atoms with Gasteiger partial charge in [0, 0.05) is 18.9 Å². The lowest BCUT2D eigenvalue weighted by Crippen LogP contribution is -2.36. The Morgan fingerprint density at radius 2 is 1.55 bits per heavy atom. The second kappa shape index (κ2) is 10.6. The number of nitrogens with one attached hydrogen (secondary N) is 2. The minimum Gasteiger partial charge on any atom is -0.479 e. The van der Waals surface area contributed by atoms with Gasteiger partial charge in [0.2, 0.25) is 5.91 Å². The molecule has 164 valence electrons. The number of benzene rings is 2. The van der Waals surface area contributed by atoms with E-state index in [2.05, 4.69) is 34.9 Å². The van der Waals surface area contributed by atoms with Gasteiger partial charge in [0.15, 0.2) is 6.10 Å². The molecular formula is C23H26N2O6. The molecule has 0 bridgehead atoms. The van der Waals surface area contributed by atoms with Crippen LogP contribution in [0.25, 0.3) is 11.1 Å². The summed E-state index contributed by atoms with van der Waals surface area (Å²) in [5.74, 6) is -1.72. The van der Waals surface area contributed by atoms with Gasteiger partial charge in [-0.1, -0.05) is 48.5 Å². The summed E-state index contributed by atoms with van der Waals surface area (Å²) < 4.78 is 5.44. The van der Waals surface area contributed by atoms with Crippen LogP contribution in [0.3, 0.4) is 0 Å². The molecule has 2 aromatic rings. The molecule has 0 saturated carbocycles. The Bertz CT molecular complexity index is 900. The molecule has 31 heavy (non-hydrogen) atoms. The van der Waals surface area contributed by atoms with Crippen LogP contribution in [0.1, 0.15) is 36.3 Å². The number of amides is 2. The van der Waals surface area contributed by atoms with Gasteiger partial charge in [-0.15, -0.1) is 0 Å². The summed E-state index contributed by atoms with van der Waals surface area (Å²) in [5, 5.41) is 22.7. The van der Waals surface area contributed by atoms with Crippen LogP contribution in [0.2, 0.25) is 0 Å². The first-order valence-corrected chi connectivity index (χ1v) is 10.2. The molecular weight excluding hydrogens is 400 g/mol. The molecule has 0 saturated heterocycles. The number of aliphatic hydroxyl groups excluding tert-OH is 1. The third-order valence-electron chi connectivity index (χ3n) is 5.22. The fourth-order valence-corrected chi connectivity index (χ4v) is 3.64. The summed E-state index contributed by atoms with van der Waals surface area (Å²) in [6.45, 7) is 0.280. The summed E-state index contributed by atoms with van der Waals surface area (Å²) in [4.78, 5) is 34.1. The van der Waals surface area contributed by atoms with E-state index in [1.54, 1.807) is 0 Å². The van der Waals surface area contributed by atoms with Crippen molar-refractivity contribution in [3.8, 4) is 11.1 Å². The average Bonchev–Trinajstić information content (AvgIpc) is 3.09. The Morgan fingerprint density at radius 1 is 0.935 bits per heavy atom. The van der Waals surface area contributed by atoms with E-state index in [-0.39, 0.29) is 31.4 Å². The minimum absolute atomic E-state index is 0.00278. The molecule has 0 aliphatic heterocycles. The lowest BCUT2D eigenvalue weighted by atomic mass is 9.98. The average molecular weight is 426 g/mol. The fraction of sp³-hybridized carbons (Fsp3) is 0.348. The highest BCUT2D eigenvalue weighted by molar-refractivity contribution is 5.79. The molecule has 8 nitrogen and oxygen atoms in total. The summed E-state index contributed by atoms with van der Waals surface area (Å²) in [5.41, 5.74) is 4.63. The van der Waals surface area contributed by atoms with Gasteiger partial charge in [-0.3, -0.25) is 4.79 Å². The highest BCUT2D eigenvalue weighted by atomic mass is 16.5. The molecule has 0 aromatic heterocycles. The number of carboxylic acids is 1. The maximum Gasteiger partial charge on any atom is 0.407 e. The standard InChI is InChI=1S/C23H26N2O6/c26-20(22(28)29)13-25-21(27)11-5-6-12-24-23(30)31-14-19-17-9-3-1-7-15(17)16-8-2-4-10-18(16)19/h1-4,7-10,19-20,26H,5-6,11-14H2,(H,24,30)(H,25,27)(H,28,29)/t20-/m0/s1. The maximum absolute atomic E-state index is 12.1. The molecule has 0 fully saturated rings. The first kappa shape index (κ1) is 22.3. The van der Waals surface area contributed by atoms with Crippen LogP contribution in [0.15, 0.2) is 48.5 Å². The molecule has 1 aliphatic carbocycles. The SMILES string of the molecule is O=C(CCCCNC(=O)OCC1c2ccccc2-c2ccccc21)NC[C@H](O)C(=O)O. The number of hydrogen-bond donors (Lipinski definition) is 4. The fourth-order valence-electron chi connectivity index (χ4n) is 3.64. The van der Waals surface area contributed by atoms with Gasteiger partial charge in [0.05, 0.1) is 6.54 Å². The van der Waals surface area contributed by atoms with E-state index in [4.69, 9.17) is 14.9 Å². The lowest BCUT2D eigenvalue weighted by Gasteiger charge is -2.14. The number of aliphatic hydroxyl groups is 1. The zero-order valence-corrected chi connectivity index (χ0v) is 17.0. The van der Waals surface area contributed by atoms with E-state index >= 15 is 0 Å². The van der Waals surface area contributed by atoms with Gasteiger partial charge in [0.25, 0.3) is 0 Å². The molecule has 0 spiro atoms. The number of aliphatic carboxylic acids is 1. The summed E-state index contributed by atoms with van der Waals surface area (Å²) in [7, 11) is 0. The minimum atomic E-state index is -1.61. The van der Waals surface area contributed by atoms with Crippen LogP contribution in [-0.4, -0.2) is 54.0 Å². The van der Waals surface area contributed by atoms with E-state index < -0.39 is 18.2 Å². The van der Waals surface area contributed by atoms with Gasteiger partial charge >= 0.3 is 12.1 Å². The van der Waals surface area contributed by atoms with Crippen molar-refractivity contribution in [3.05, 3.63) is 59.7 Å². The van der Waals surface area contributed by atoms with Crippen molar-refractivity contribution in [1.29, 1.82) is 0 Å². The van der Waals surface area contributed by atoms with Crippen molar-refractivity contribution in [2.45, 2.75) is 31.3 Å². The molecule has 2 aromatic carbocycles. The number of carbonyl (C=O) groups excluding carboxylic acids is 2. The predicted molar refractivity (Wildman–Crippen MR) is 114 cm³/mol. The maximum atomic E-state index is 12.1. The summed E-state index contributed by atoms with van der Waals surface area (Å²) >= 11 is 0. The molecule has 4 N–H and O–H groups in total. The first-order valence-electron chi connectivity index (χ1n) is 10.2. The second-order valence-corrected chi connectivity index (χ2v) is 7.37. The van der Waals surface area contributed by atoms with E-state index in [1.165, 1.54) is 11.1 Å². The first-order chi connectivity index (χ1) is 15.0. The Hall–Kier alpha value is -3.39. The topological polar surface area (TPSA) is 125 Å². The van der Waals surface area contributed by atoms with Crippen molar-refractivity contribution in [3.63, 3.8) is 0 Å². The van der Waals surface area contributed by atoms with Gasteiger partial charge < -0.3 is 25.6 Å². The van der Waals surface area contributed by atoms with Gasteiger partial charge in [0.1, 0.15) is 6.61 Å². The smallest absolute Gasteiger partial charge is 0.407 e. The summed E-state index contributed by atoms with van der Waals surface area (Å²) in [6.07, 6.45) is -0.855. The van der Waals surface area contributed by atoms with Crippen molar-refractivity contribution < 1.29 is 29.3 Å². The van der Waals surface area contributed by atoms with Gasteiger partial charge in [-0.2, -0.15) is 0 Å². The van der Waals surface area contributed by atoms with E-state index in [0.29, 0.717) is 19.4 Å². The number of unbranched alkanes of at least 4 members (excludes halogenated alkanes) is 1. The number of hydrogen-bond acceptors (Lipinski definition) is 5. The highest BCUT2D eigenvalue weighted by Gasteiger charge is 2.28. The van der Waals surface area contributed by atoms with Gasteiger partial charge in [-0.05, 0) is 35.1 Å². The third-order valence-corrected chi connectivity index (χ3v) is 5.22. The Kier molecular flexibility index (Phi) is 7.61. The van der Waals surface area contributed by atoms with Crippen LogP contribution >= 0.6 is 0 Å². The number of ether oxygens (including phenoxy) is 1. The quantitative estimate of drug-likeness (QED) is 0.432. The number of alkyl carbamates (subject to hydrolysis) is 1. The molecule has 8 heteroatoms. The van der Waals surface area contributed by atoms with Crippen LogP contribution < -0.4 is 10.6 Å². The number of carboxylic acid groups (broad SMARTS) is 1. The van der Waals surface area contributed by atoms with Crippen LogP contribution in [0.4, 0.5) is 4.79 Å². The third kappa shape index (κ3) is 5.82. The molecule has 1 atom stereocenters. The molecule has 2 amide bonds. The van der Waals surface area contributed by atoms with Crippen molar-refractivity contribution in [2.24, 2.45) is 0 Å². The Morgan fingerprint density at radius 3 is 2.16 bits per heavy atom. The largest absolute Gasteiger partial charge is 0.479 e. The molecule has 1 aliphatic rings. The van der Waals surface area contributed by atoms with E-state index in [9.17, 15) is 14.4 Å². The van der Waals surface area contributed by atoms with Crippen molar-refractivity contribution in [2.75, 3.05) is 19.7 Å². The molecule has 0 unspecified atom stereocenters. The number of rotatable bonds is 10. The summed E-state index contributed by atoms with van der Waals surface area (Å²) in [6, 6.07) is 16.2. The zero-order chi connectivity index (χ0) is 22.2. The van der Waals surface area contributed by atoms with Gasteiger partial charge in [-0.25, -0.2) is 9.59 Å². The van der Waals surface area contributed by atoms with Crippen LogP contribution in [-0.2, 0) is 14.3 Å². The monoisotopic (exact) mass is 426 g/mol. The highest BCUT2D eigenvalue weighted by Crippen LogP contribution is 2.44. The normalized spacial score (nSPS) is 13.1. The zero-order valence-electron chi connectivity index (χ0n) is 17.0. The van der Waals surface area contributed by atoms with E-state index in [1.807, 2.05) is 24.3 Å². The Balaban J connectivity index is 1.36. The number of fused-ring (bicyclic) bond motifs is 3. The number of carbonyl (C=O) groups is 3. The van der Waals surface area contributed by atoms with Crippen LogP contribution in [0, 0.1) is 0 Å². The molecule has 0 heterocycles. The molecule has 3 rings (SSSR count). The lowest BCUT2D eigenvalue weighted by molar-refractivity contribution is -0.146. The van der Waals surface area contributed by atoms with E-state index in [0.717, 1.165) is 11.1 Å². The van der Waals surface area contributed by atoms with Crippen LogP contribution in [0.5, 0.6) is 0 Å².